The molecule has 1 aliphatic heterocycles. The number of aliphatic imine (C=N–C) groups is 1. The first kappa shape index (κ1) is 18.9. The van der Waals surface area contributed by atoms with Gasteiger partial charge in [0.1, 0.15) is 17.6 Å². The van der Waals surface area contributed by atoms with Gasteiger partial charge in [-0.1, -0.05) is 5.92 Å². The minimum absolute atomic E-state index is 0.0652. The topological polar surface area (TPSA) is 113 Å². The molecule has 3 rings (SSSR count). The van der Waals surface area contributed by atoms with Gasteiger partial charge in [-0.25, -0.2) is 14.4 Å². The van der Waals surface area contributed by atoms with Crippen LogP contribution in [0.3, 0.4) is 0 Å². The molecule has 2 aromatic rings. The summed E-state index contributed by atoms with van der Waals surface area (Å²) in [5, 5.41) is 11.5. The molecule has 1 aliphatic rings. The van der Waals surface area contributed by atoms with Gasteiger partial charge in [0.2, 0.25) is 0 Å². The molecule has 2 heterocycles. The molecule has 140 valence electrons. The van der Waals surface area contributed by atoms with E-state index in [0.717, 1.165) is 0 Å². The Labute approximate surface area is 161 Å². The average Bonchev–Trinajstić information content (AvgIpc) is 2.69. The fraction of sp³-hybridized carbons (Fsp3) is 0.200. The molecule has 0 saturated heterocycles. The molecular weight excluding hydrogens is 361 g/mol. The number of ether oxygens (including phenoxy) is 1. The number of halogens is 1. The summed E-state index contributed by atoms with van der Waals surface area (Å²) in [6.07, 6.45) is 1.62. The molecule has 1 aromatic carbocycles. The molecule has 1 amide bonds. The number of hydrogen-bond acceptors (Lipinski definition) is 6. The number of anilines is 1. The van der Waals surface area contributed by atoms with Crippen molar-refractivity contribution in [2.45, 2.75) is 18.9 Å². The highest BCUT2D eigenvalue weighted by Crippen LogP contribution is 2.35. The van der Waals surface area contributed by atoms with E-state index in [1.165, 1.54) is 36.5 Å². The van der Waals surface area contributed by atoms with Gasteiger partial charge in [0, 0.05) is 23.9 Å². The fourth-order valence-corrected chi connectivity index (χ4v) is 2.85. The Hall–Kier alpha value is -3.91. The standard InChI is InChI=1S/C20H16FN5O2/c1-2-7-20(8-9-28-19(23)26-20)15-10-14(4-5-16(15)21)25-18(27)17-6-3-13(11-22)12-24-17/h3-6,10,12H,8-9H2,1H3,(H2,23,26)(H,25,27)/t20-/m0/s1. The second-order valence-corrected chi connectivity index (χ2v) is 5.98. The number of nitrogens with one attached hydrogen (secondary N) is 1. The number of aromatic nitrogens is 1. The highest BCUT2D eigenvalue weighted by atomic mass is 19.1. The smallest absolute Gasteiger partial charge is 0.283 e. The Balaban J connectivity index is 1.94. The van der Waals surface area contributed by atoms with Crippen LogP contribution in [0.25, 0.3) is 0 Å². The number of hydrogen-bond donors (Lipinski definition) is 2. The van der Waals surface area contributed by atoms with Crippen molar-refractivity contribution in [3.05, 3.63) is 59.2 Å². The summed E-state index contributed by atoms with van der Waals surface area (Å²) in [6.45, 7) is 1.87. The molecule has 8 heteroatoms. The van der Waals surface area contributed by atoms with Gasteiger partial charge >= 0.3 is 0 Å². The Morgan fingerprint density at radius 3 is 2.86 bits per heavy atom. The number of nitrogens with two attached hydrogens (primary N) is 1. The second kappa shape index (κ2) is 7.77. The van der Waals surface area contributed by atoms with Gasteiger partial charge in [0.15, 0.2) is 5.54 Å². The van der Waals surface area contributed by atoms with Crippen LogP contribution >= 0.6 is 0 Å². The van der Waals surface area contributed by atoms with Crippen LogP contribution in [-0.2, 0) is 10.3 Å². The van der Waals surface area contributed by atoms with E-state index in [9.17, 15) is 9.18 Å². The first-order valence-corrected chi connectivity index (χ1v) is 8.37. The van der Waals surface area contributed by atoms with E-state index in [4.69, 9.17) is 15.7 Å². The number of amides is 1. The Bertz CT molecular complexity index is 1050. The summed E-state index contributed by atoms with van der Waals surface area (Å²) >= 11 is 0. The van der Waals surface area contributed by atoms with Crippen LogP contribution in [0.2, 0.25) is 0 Å². The van der Waals surface area contributed by atoms with E-state index in [2.05, 4.69) is 27.1 Å². The van der Waals surface area contributed by atoms with E-state index in [-0.39, 0.29) is 23.9 Å². The van der Waals surface area contributed by atoms with Crippen LogP contribution < -0.4 is 11.1 Å². The molecule has 7 nitrogen and oxygen atoms in total. The van der Waals surface area contributed by atoms with Crippen LogP contribution in [0.1, 0.15) is 35.0 Å². The van der Waals surface area contributed by atoms with E-state index < -0.39 is 17.3 Å². The van der Waals surface area contributed by atoms with E-state index >= 15 is 0 Å². The van der Waals surface area contributed by atoms with Crippen LogP contribution in [-0.4, -0.2) is 23.5 Å². The number of nitrogens with zero attached hydrogens (tertiary/aromatic N) is 3. The van der Waals surface area contributed by atoms with E-state index in [1.54, 1.807) is 6.92 Å². The lowest BCUT2D eigenvalue weighted by molar-refractivity contribution is 0.102. The number of amidine groups is 1. The Morgan fingerprint density at radius 2 is 2.21 bits per heavy atom. The third kappa shape index (κ3) is 3.76. The number of pyridine rings is 1. The first-order valence-electron chi connectivity index (χ1n) is 8.37. The largest absolute Gasteiger partial charge is 0.465 e. The zero-order valence-corrected chi connectivity index (χ0v) is 15.0. The highest BCUT2D eigenvalue weighted by molar-refractivity contribution is 6.02. The van der Waals surface area contributed by atoms with Crippen molar-refractivity contribution < 1.29 is 13.9 Å². The van der Waals surface area contributed by atoms with Crippen LogP contribution in [0, 0.1) is 29.0 Å². The lowest BCUT2D eigenvalue weighted by atomic mass is 9.86. The molecule has 0 fully saturated rings. The molecule has 3 N–H and O–H groups in total. The molecule has 0 bridgehead atoms. The molecule has 0 saturated carbocycles. The van der Waals surface area contributed by atoms with Crippen molar-refractivity contribution >= 4 is 17.6 Å². The molecule has 0 unspecified atom stereocenters. The fourth-order valence-electron chi connectivity index (χ4n) is 2.85. The molecule has 1 aromatic heterocycles. The van der Waals surface area contributed by atoms with Gasteiger partial charge in [-0.2, -0.15) is 5.26 Å². The normalized spacial score (nSPS) is 18.0. The van der Waals surface area contributed by atoms with Crippen molar-refractivity contribution in [3.63, 3.8) is 0 Å². The van der Waals surface area contributed by atoms with E-state index in [0.29, 0.717) is 17.7 Å². The molecule has 1 atom stereocenters. The number of rotatable bonds is 3. The SMILES string of the molecule is CC#C[C@@]1(c2cc(NC(=O)c3ccc(C#N)cn3)ccc2F)CCOC(N)=N1. The predicted octanol–water partition coefficient (Wildman–Crippen LogP) is 2.30. The third-order valence-electron chi connectivity index (χ3n) is 4.14. The van der Waals surface area contributed by atoms with Gasteiger partial charge in [-0.05, 0) is 37.3 Å². The number of benzene rings is 1. The summed E-state index contributed by atoms with van der Waals surface area (Å²) in [5.41, 5.74) is 5.51. The van der Waals surface area contributed by atoms with Gasteiger partial charge in [0.05, 0.1) is 12.2 Å². The van der Waals surface area contributed by atoms with Crippen molar-refractivity contribution in [1.82, 2.24) is 4.98 Å². The van der Waals surface area contributed by atoms with Gasteiger partial charge in [0.25, 0.3) is 11.9 Å². The minimum Gasteiger partial charge on any atom is -0.465 e. The number of carbonyl (C=O) groups is 1. The highest BCUT2D eigenvalue weighted by Gasteiger charge is 2.36. The zero-order valence-electron chi connectivity index (χ0n) is 15.0. The van der Waals surface area contributed by atoms with Crippen molar-refractivity contribution in [2.75, 3.05) is 11.9 Å². The maximum atomic E-state index is 14.6. The molecule has 0 radical (unpaired) electrons. The van der Waals surface area contributed by atoms with Crippen LogP contribution in [0.5, 0.6) is 0 Å². The summed E-state index contributed by atoms with van der Waals surface area (Å²) in [6, 6.07) is 8.93. The van der Waals surface area contributed by atoms with Crippen LogP contribution in [0.15, 0.2) is 41.5 Å². The summed E-state index contributed by atoms with van der Waals surface area (Å²) < 4.78 is 19.8. The summed E-state index contributed by atoms with van der Waals surface area (Å²) in [4.78, 5) is 20.6. The van der Waals surface area contributed by atoms with Crippen LogP contribution in [0.4, 0.5) is 10.1 Å². The first-order chi connectivity index (χ1) is 13.5. The summed E-state index contributed by atoms with van der Waals surface area (Å²) in [7, 11) is 0. The number of carbonyl (C=O) groups excluding carboxylic acids is 1. The summed E-state index contributed by atoms with van der Waals surface area (Å²) in [5.74, 6) is 4.67. The molecule has 0 spiro atoms. The third-order valence-corrected chi connectivity index (χ3v) is 4.14. The van der Waals surface area contributed by atoms with Gasteiger partial charge in [-0.15, -0.1) is 5.92 Å². The maximum Gasteiger partial charge on any atom is 0.283 e. The number of nitriles is 1. The lowest BCUT2D eigenvalue weighted by Gasteiger charge is -2.29. The van der Waals surface area contributed by atoms with Crippen molar-refractivity contribution in [2.24, 2.45) is 10.7 Å². The molecule has 0 aliphatic carbocycles. The zero-order chi connectivity index (χ0) is 20.1. The monoisotopic (exact) mass is 377 g/mol. The predicted molar refractivity (Wildman–Crippen MR) is 101 cm³/mol. The molecular formula is C20H16FN5O2. The quantitative estimate of drug-likeness (QED) is 0.797. The van der Waals surface area contributed by atoms with Crippen molar-refractivity contribution in [1.29, 1.82) is 5.26 Å². The Morgan fingerprint density at radius 1 is 1.39 bits per heavy atom. The Kier molecular flexibility index (Phi) is 5.23. The van der Waals surface area contributed by atoms with E-state index in [1.807, 2.05) is 6.07 Å². The van der Waals surface area contributed by atoms with Gasteiger partial charge < -0.3 is 15.8 Å². The van der Waals surface area contributed by atoms with Crippen molar-refractivity contribution in [3.8, 4) is 17.9 Å². The molecule has 28 heavy (non-hydrogen) atoms. The lowest BCUT2D eigenvalue weighted by Crippen LogP contribution is -2.35. The second-order valence-electron chi connectivity index (χ2n) is 5.98. The average molecular weight is 377 g/mol. The maximum absolute atomic E-state index is 14.6. The van der Waals surface area contributed by atoms with Gasteiger partial charge in [-0.3, -0.25) is 4.79 Å². The minimum atomic E-state index is -1.19.